The zero-order chi connectivity index (χ0) is 9.03. The molecular weight excluding hydrogens is 223 g/mol. The molecule has 1 aromatic rings. The number of aryl methyl sites for hydroxylation is 1. The van der Waals surface area contributed by atoms with Crippen LogP contribution in [-0.2, 0) is 18.2 Å². The summed E-state index contributed by atoms with van der Waals surface area (Å²) >= 11 is 13.7. The van der Waals surface area contributed by atoms with E-state index in [2.05, 4.69) is 36.6 Å². The second-order valence-corrected chi connectivity index (χ2v) is 12.9. The van der Waals surface area contributed by atoms with Crippen LogP contribution in [0.25, 0.3) is 0 Å². The Kier molecular flexibility index (Phi) is 4.18. The van der Waals surface area contributed by atoms with Crippen LogP contribution < -0.4 is 0 Å². The summed E-state index contributed by atoms with van der Waals surface area (Å²) in [5.41, 5.74) is 1.31. The molecule has 0 atom stereocenters. The topological polar surface area (TPSA) is 0 Å². The molecule has 0 nitrogen and oxygen atoms in total. The largest absolute Gasteiger partial charge is 0.132 e. The molecule has 1 rings (SSSR count). The molecule has 0 amide bonds. The summed E-state index contributed by atoms with van der Waals surface area (Å²) in [6, 6.07) is 10.3. The van der Waals surface area contributed by atoms with E-state index in [1.54, 1.807) is 0 Å². The van der Waals surface area contributed by atoms with E-state index < -0.39 is 4.44 Å². The highest BCUT2D eigenvalue weighted by atomic mass is 33.2. The zero-order valence-electron chi connectivity index (χ0n) is 6.55. The SMILES string of the molecule is S=P(S)(S)CCc1ccccc1. The lowest BCUT2D eigenvalue weighted by Crippen LogP contribution is -1.87. The Hall–Kier alpha value is 0.570. The molecule has 66 valence electrons. The van der Waals surface area contributed by atoms with Gasteiger partial charge >= 0.3 is 0 Å². The highest BCUT2D eigenvalue weighted by Gasteiger charge is 2.03. The fourth-order valence-electron chi connectivity index (χ4n) is 0.919. The first kappa shape index (κ1) is 10.6. The zero-order valence-corrected chi connectivity index (χ0v) is 10.1. The van der Waals surface area contributed by atoms with Gasteiger partial charge in [-0.25, -0.2) is 0 Å². The van der Waals surface area contributed by atoms with Gasteiger partial charge in [0.25, 0.3) is 0 Å². The molecule has 0 aromatic heterocycles. The van der Waals surface area contributed by atoms with E-state index in [0.29, 0.717) is 0 Å². The van der Waals surface area contributed by atoms with Gasteiger partial charge in [0, 0.05) is 0 Å². The van der Waals surface area contributed by atoms with Gasteiger partial charge in [0.1, 0.15) is 0 Å². The van der Waals surface area contributed by atoms with Crippen molar-refractivity contribution in [2.75, 3.05) is 6.16 Å². The maximum atomic E-state index is 5.12. The third kappa shape index (κ3) is 4.56. The van der Waals surface area contributed by atoms with Crippen molar-refractivity contribution in [1.82, 2.24) is 0 Å². The van der Waals surface area contributed by atoms with Crippen LogP contribution in [0.15, 0.2) is 30.3 Å². The van der Waals surface area contributed by atoms with Crippen molar-refractivity contribution in [3.63, 3.8) is 0 Å². The van der Waals surface area contributed by atoms with E-state index >= 15 is 0 Å². The van der Waals surface area contributed by atoms with Crippen molar-refractivity contribution >= 4 is 40.7 Å². The molecule has 4 heteroatoms. The molecule has 0 aliphatic carbocycles. The minimum atomic E-state index is -1.61. The Bertz CT molecular complexity index is 278. The highest BCUT2D eigenvalue weighted by Crippen LogP contribution is 2.55. The molecule has 0 N–H and O–H groups in total. The van der Waals surface area contributed by atoms with Crippen molar-refractivity contribution in [1.29, 1.82) is 0 Å². The predicted molar refractivity (Wildman–Crippen MR) is 67.3 cm³/mol. The van der Waals surface area contributed by atoms with Crippen molar-refractivity contribution in [2.45, 2.75) is 6.42 Å². The fraction of sp³-hybridized carbons (Fsp3) is 0.250. The monoisotopic (exact) mass is 234 g/mol. The number of benzene rings is 1. The van der Waals surface area contributed by atoms with Gasteiger partial charge in [0.2, 0.25) is 0 Å². The highest BCUT2D eigenvalue weighted by molar-refractivity contribution is 8.92. The lowest BCUT2D eigenvalue weighted by atomic mass is 10.2. The molecule has 0 aliphatic heterocycles. The Morgan fingerprint density at radius 3 is 2.25 bits per heavy atom. The van der Waals surface area contributed by atoms with Gasteiger partial charge in [-0.05, 0) is 18.1 Å². The lowest BCUT2D eigenvalue weighted by Gasteiger charge is -2.06. The van der Waals surface area contributed by atoms with Crippen LogP contribution in [0.4, 0.5) is 0 Å². The van der Waals surface area contributed by atoms with E-state index in [4.69, 9.17) is 11.8 Å². The van der Waals surface area contributed by atoms with E-state index in [-0.39, 0.29) is 0 Å². The van der Waals surface area contributed by atoms with Crippen molar-refractivity contribution in [2.24, 2.45) is 0 Å². The van der Waals surface area contributed by atoms with Crippen LogP contribution in [-0.4, -0.2) is 6.16 Å². The fourth-order valence-corrected chi connectivity index (χ4v) is 2.34. The van der Waals surface area contributed by atoms with Crippen LogP contribution in [0.3, 0.4) is 0 Å². The summed E-state index contributed by atoms with van der Waals surface area (Å²) in [6.07, 6.45) is 1.91. The summed E-state index contributed by atoms with van der Waals surface area (Å²) < 4.78 is -1.61. The van der Waals surface area contributed by atoms with Crippen molar-refractivity contribution in [3.8, 4) is 0 Å². The van der Waals surface area contributed by atoms with Crippen LogP contribution in [0.2, 0.25) is 0 Å². The van der Waals surface area contributed by atoms with Gasteiger partial charge < -0.3 is 0 Å². The molecular formula is C8H11PS3. The Balaban J connectivity index is 2.50. The van der Waals surface area contributed by atoms with Crippen LogP contribution in [0, 0.1) is 0 Å². The van der Waals surface area contributed by atoms with Crippen LogP contribution in [0.1, 0.15) is 5.56 Å². The maximum Gasteiger partial charge on any atom is 0.0517 e. The molecule has 1 aromatic carbocycles. The number of hydrogen-bond donors (Lipinski definition) is 2. The lowest BCUT2D eigenvalue weighted by molar-refractivity contribution is 1.16. The van der Waals surface area contributed by atoms with E-state index in [1.165, 1.54) is 5.56 Å². The molecule has 0 radical (unpaired) electrons. The second kappa shape index (κ2) is 4.71. The van der Waals surface area contributed by atoms with E-state index in [1.807, 2.05) is 18.2 Å². The van der Waals surface area contributed by atoms with Crippen LogP contribution >= 0.6 is 28.9 Å². The Labute approximate surface area is 89.1 Å². The van der Waals surface area contributed by atoms with Crippen LogP contribution in [0.5, 0.6) is 0 Å². The smallest absolute Gasteiger partial charge is 0.0517 e. The van der Waals surface area contributed by atoms with Gasteiger partial charge in [-0.15, -0.1) is 24.5 Å². The summed E-state index contributed by atoms with van der Waals surface area (Å²) in [5.74, 6) is 0. The first-order valence-corrected chi connectivity index (χ1v) is 8.96. The Morgan fingerprint density at radius 1 is 1.17 bits per heavy atom. The van der Waals surface area contributed by atoms with Gasteiger partial charge in [-0.3, -0.25) is 0 Å². The number of thiol groups is 2. The normalized spacial score (nSPS) is 11.5. The average Bonchev–Trinajstić information content (AvgIpc) is 2.02. The molecule has 0 unspecified atom stereocenters. The molecule has 0 saturated heterocycles. The van der Waals surface area contributed by atoms with Gasteiger partial charge in [0.05, 0.1) is 4.44 Å². The average molecular weight is 234 g/mol. The molecule has 0 saturated carbocycles. The predicted octanol–water partition coefficient (Wildman–Crippen LogP) is 3.40. The summed E-state index contributed by atoms with van der Waals surface area (Å²) in [6.45, 7) is 0. The minimum absolute atomic E-state index is 0.915. The van der Waals surface area contributed by atoms with Gasteiger partial charge in [-0.1, -0.05) is 42.1 Å². The Morgan fingerprint density at radius 2 is 1.75 bits per heavy atom. The van der Waals surface area contributed by atoms with Gasteiger partial charge in [0.15, 0.2) is 0 Å². The first-order chi connectivity index (χ1) is 5.58. The summed E-state index contributed by atoms with van der Waals surface area (Å²) in [4.78, 5) is 0. The van der Waals surface area contributed by atoms with Crippen molar-refractivity contribution in [3.05, 3.63) is 35.9 Å². The quantitative estimate of drug-likeness (QED) is 0.597. The number of hydrogen-bond acceptors (Lipinski definition) is 1. The van der Waals surface area contributed by atoms with Gasteiger partial charge in [-0.2, -0.15) is 0 Å². The third-order valence-electron chi connectivity index (χ3n) is 1.53. The first-order valence-electron chi connectivity index (χ1n) is 3.66. The molecule has 0 aliphatic rings. The molecule has 0 fully saturated rings. The minimum Gasteiger partial charge on any atom is -0.132 e. The maximum absolute atomic E-state index is 5.12. The standard InChI is InChI=1S/C8H11PS3/c10-9(11,12)7-6-8-4-2-1-3-5-8/h1-5H,6-7H2,(H2,10,11,12). The summed E-state index contributed by atoms with van der Waals surface area (Å²) in [5, 5.41) is 0. The molecule has 0 bridgehead atoms. The summed E-state index contributed by atoms with van der Waals surface area (Å²) in [7, 11) is 0. The second-order valence-electron chi connectivity index (χ2n) is 2.62. The molecule has 12 heavy (non-hydrogen) atoms. The van der Waals surface area contributed by atoms with E-state index in [9.17, 15) is 0 Å². The van der Waals surface area contributed by atoms with Crippen molar-refractivity contribution < 1.29 is 0 Å². The molecule has 0 spiro atoms. The van der Waals surface area contributed by atoms with E-state index in [0.717, 1.165) is 12.6 Å². The molecule has 0 heterocycles. The number of rotatable bonds is 3. The third-order valence-corrected chi connectivity index (χ3v) is 4.09.